The number of amides is 2. The molecule has 0 radical (unpaired) electrons. The molecule has 0 bridgehead atoms. The lowest BCUT2D eigenvalue weighted by Gasteiger charge is -2.27. The number of hydrogen-bond acceptors (Lipinski definition) is 2. The minimum Gasteiger partial charge on any atom is -0.398 e. The van der Waals surface area contributed by atoms with Crippen LogP contribution in [0.25, 0.3) is 0 Å². The fraction of sp³-hybridized carbons (Fsp3) is 0.214. The van der Waals surface area contributed by atoms with E-state index in [1.54, 1.807) is 0 Å². The van der Waals surface area contributed by atoms with Gasteiger partial charge in [0, 0.05) is 41.2 Å². The Balaban J connectivity index is 0.000000253. The highest BCUT2D eigenvalue weighted by Crippen LogP contribution is 2.42. The van der Waals surface area contributed by atoms with Gasteiger partial charge in [0.05, 0.1) is 11.4 Å². The molecule has 0 heterocycles. The summed E-state index contributed by atoms with van der Waals surface area (Å²) >= 11 is 0. The number of nitrogens with one attached hydrogen (secondary N) is 2. The number of nitrogen functional groups attached to an aromatic ring is 1. The topological polar surface area (TPSA) is 67.1 Å². The molecule has 0 aliphatic heterocycles. The lowest BCUT2D eigenvalue weighted by atomic mass is 9.83. The first-order valence-electron chi connectivity index (χ1n) is 26.3. The van der Waals surface area contributed by atoms with Crippen LogP contribution in [0.4, 0.5) is 21.9 Å². The zero-order valence-corrected chi connectivity index (χ0v) is 44.7. The first-order valence-corrected chi connectivity index (χ1v) is 26.3. The second-order valence-corrected chi connectivity index (χ2v) is 20.4. The molecule has 4 heteroatoms. The van der Waals surface area contributed by atoms with Gasteiger partial charge in [-0.1, -0.05) is 277 Å². The van der Waals surface area contributed by atoms with E-state index in [-0.39, 0.29) is 41.5 Å². The van der Waals surface area contributed by atoms with Gasteiger partial charge in [-0.3, -0.25) is 0 Å². The maximum absolute atomic E-state index is 14.6. The molecule has 4 N–H and O–H groups in total. The maximum Gasteiger partial charge on any atom is 0.323 e. The van der Waals surface area contributed by atoms with Gasteiger partial charge in [-0.25, -0.2) is 4.79 Å². The Kier molecular flexibility index (Phi) is 17.1. The highest BCUT2D eigenvalue weighted by molar-refractivity contribution is 6.02. The summed E-state index contributed by atoms with van der Waals surface area (Å²) in [6.07, 6.45) is 0. The summed E-state index contributed by atoms with van der Waals surface area (Å²) in [5.74, 6) is 0.829. The van der Waals surface area contributed by atoms with E-state index < -0.39 is 0 Å². The van der Waals surface area contributed by atoms with Crippen molar-refractivity contribution in [1.29, 1.82) is 0 Å². The van der Waals surface area contributed by atoms with Crippen molar-refractivity contribution in [1.82, 2.24) is 0 Å². The quantitative estimate of drug-likeness (QED) is 0.0951. The number of carbonyl (C=O) groups is 1. The molecule has 374 valence electrons. The lowest BCUT2D eigenvalue weighted by molar-refractivity contribution is 0.262. The number of carbonyl (C=O) groups excluding carboxylic acids is 1. The van der Waals surface area contributed by atoms with Crippen LogP contribution in [0.2, 0.25) is 0 Å². The van der Waals surface area contributed by atoms with Gasteiger partial charge in [0.25, 0.3) is 0 Å². The van der Waals surface area contributed by atoms with Crippen LogP contribution >= 0.6 is 0 Å². The Hall–Kier alpha value is -7.95. The van der Waals surface area contributed by atoms with Crippen molar-refractivity contribution >= 4 is 23.1 Å². The van der Waals surface area contributed by atoms with Crippen LogP contribution in [-0.4, -0.2) is 6.03 Å². The molecule has 0 aromatic heterocycles. The molecule has 2 amide bonds. The molecule has 0 saturated heterocycles. The fourth-order valence-corrected chi connectivity index (χ4v) is 10.7. The molecule has 0 fully saturated rings. The first kappa shape index (κ1) is 52.4. The molecule has 0 unspecified atom stereocenters. The number of aryl methyl sites for hydroxylation is 3. The van der Waals surface area contributed by atoms with Crippen molar-refractivity contribution in [3.63, 3.8) is 0 Å². The largest absolute Gasteiger partial charge is 0.398 e. The third kappa shape index (κ3) is 12.3. The average molecular weight is 972 g/mol. The van der Waals surface area contributed by atoms with E-state index in [0.29, 0.717) is 0 Å². The van der Waals surface area contributed by atoms with Crippen molar-refractivity contribution in [3.05, 3.63) is 302 Å². The zero-order valence-electron chi connectivity index (χ0n) is 44.7. The second kappa shape index (κ2) is 24.2. The molecule has 0 aliphatic carbocycles. The van der Waals surface area contributed by atoms with Crippen molar-refractivity contribution in [2.24, 2.45) is 0 Å². The summed E-state index contributed by atoms with van der Waals surface area (Å²) in [7, 11) is 0. The zero-order chi connectivity index (χ0) is 52.3. The predicted octanol–water partition coefficient (Wildman–Crippen LogP) is 18.4. The van der Waals surface area contributed by atoms with Gasteiger partial charge in [-0.2, -0.15) is 0 Å². The summed E-state index contributed by atoms with van der Waals surface area (Å²) in [5.41, 5.74) is 27.1. The standard InChI is InChI=1S/C47H48N2O.C23H25N/c1-31-27-41(33(3)37-19-11-7-12-20-37)45(42(28-31)34(4)38-21-13-8-14-22-38)48-47(50)49-46-43(35(5)39-23-15-9-16-24-39)29-32(2)30-44(46)36(6)40-25-17-10-18-26-40;1-16-14-21(17(2)19-10-6-4-7-11-19)23(24)22(15-16)18(3)20-12-8-5-9-13-20/h7-30,33-36H,1-6H3,(H2,48,49,50);4-15,17-18H,24H2,1-3H3/t33-,34-,35-,36-;17-,18-/m11/s1. The molecule has 9 rings (SSSR count). The molecule has 9 aromatic rings. The van der Waals surface area contributed by atoms with Gasteiger partial charge in [0.15, 0.2) is 0 Å². The third-order valence-electron chi connectivity index (χ3n) is 15.1. The number of hydrogen-bond donors (Lipinski definition) is 3. The van der Waals surface area contributed by atoms with E-state index in [1.165, 1.54) is 61.2 Å². The number of urea groups is 1. The first-order chi connectivity index (χ1) is 35.8. The lowest BCUT2D eigenvalue weighted by Crippen LogP contribution is -2.24. The molecule has 0 spiro atoms. The smallest absolute Gasteiger partial charge is 0.323 e. The van der Waals surface area contributed by atoms with Gasteiger partial charge < -0.3 is 16.4 Å². The minimum absolute atomic E-state index is 0.0647. The molecule has 0 aliphatic rings. The number of rotatable bonds is 14. The molecule has 4 nitrogen and oxygen atoms in total. The van der Waals surface area contributed by atoms with Crippen molar-refractivity contribution in [3.8, 4) is 0 Å². The third-order valence-corrected chi connectivity index (χ3v) is 15.1. The molecule has 0 saturated carbocycles. The number of nitrogens with two attached hydrogens (primary N) is 1. The summed E-state index contributed by atoms with van der Waals surface area (Å²) < 4.78 is 0. The molecule has 9 aromatic carbocycles. The minimum atomic E-state index is -0.247. The Morgan fingerprint density at radius 1 is 0.311 bits per heavy atom. The highest BCUT2D eigenvalue weighted by atomic mass is 16.2. The van der Waals surface area contributed by atoms with Gasteiger partial charge in [-0.05, 0) is 87.5 Å². The summed E-state index contributed by atoms with van der Waals surface area (Å²) in [4.78, 5) is 14.6. The Labute approximate surface area is 441 Å². The Morgan fingerprint density at radius 2 is 0.486 bits per heavy atom. The monoisotopic (exact) mass is 972 g/mol. The van der Waals surface area contributed by atoms with Gasteiger partial charge in [-0.15, -0.1) is 0 Å². The predicted molar refractivity (Wildman–Crippen MR) is 314 cm³/mol. The van der Waals surface area contributed by atoms with E-state index in [0.717, 1.165) is 39.3 Å². The summed E-state index contributed by atoms with van der Waals surface area (Å²) in [5, 5.41) is 6.87. The highest BCUT2D eigenvalue weighted by Gasteiger charge is 2.26. The van der Waals surface area contributed by atoms with Crippen molar-refractivity contribution in [2.75, 3.05) is 16.4 Å². The van der Waals surface area contributed by atoms with Crippen LogP contribution in [0.5, 0.6) is 0 Å². The fourth-order valence-electron chi connectivity index (χ4n) is 10.7. The molecule has 6 atom stereocenters. The molecular formula is C70H73N3O. The summed E-state index contributed by atoms with van der Waals surface area (Å²) in [6, 6.07) is 76.4. The Morgan fingerprint density at radius 3 is 0.689 bits per heavy atom. The number of benzene rings is 9. The number of anilines is 3. The van der Waals surface area contributed by atoms with E-state index >= 15 is 0 Å². The van der Waals surface area contributed by atoms with Crippen LogP contribution < -0.4 is 16.4 Å². The van der Waals surface area contributed by atoms with Gasteiger partial charge in [0.2, 0.25) is 0 Å². The van der Waals surface area contributed by atoms with Crippen LogP contribution in [0.1, 0.15) is 161 Å². The summed E-state index contributed by atoms with van der Waals surface area (Å²) in [6.45, 7) is 19.8. The van der Waals surface area contributed by atoms with Gasteiger partial charge >= 0.3 is 6.03 Å². The van der Waals surface area contributed by atoms with E-state index in [1.807, 2.05) is 24.3 Å². The van der Waals surface area contributed by atoms with Crippen LogP contribution in [0.3, 0.4) is 0 Å². The maximum atomic E-state index is 14.6. The van der Waals surface area contributed by atoms with Crippen molar-refractivity contribution in [2.45, 2.75) is 97.8 Å². The van der Waals surface area contributed by atoms with Gasteiger partial charge in [0.1, 0.15) is 0 Å². The van der Waals surface area contributed by atoms with E-state index in [9.17, 15) is 4.79 Å². The van der Waals surface area contributed by atoms with Crippen molar-refractivity contribution < 1.29 is 4.79 Å². The average Bonchev–Trinajstić information content (AvgIpc) is 3.44. The Bertz CT molecular complexity index is 2900. The SMILES string of the molecule is Cc1cc([C@H](C)c2ccccc2)c(N)c([C@H](C)c2ccccc2)c1.Cc1cc([C@H](C)c2ccccc2)c(NC(=O)Nc2c([C@H](C)c3ccccc3)cc(C)cc2[C@H](C)c2ccccc2)c([C@H](C)c2ccccc2)c1. The normalized spacial score (nSPS) is 13.5. The second-order valence-electron chi connectivity index (χ2n) is 20.4. The van der Waals surface area contributed by atoms with Crippen LogP contribution in [-0.2, 0) is 0 Å². The molecule has 74 heavy (non-hydrogen) atoms. The van der Waals surface area contributed by atoms with Crippen LogP contribution in [0, 0.1) is 20.8 Å². The van der Waals surface area contributed by atoms with E-state index in [2.05, 4.69) is 267 Å². The van der Waals surface area contributed by atoms with Crippen LogP contribution in [0.15, 0.2) is 218 Å². The van der Waals surface area contributed by atoms with E-state index in [4.69, 9.17) is 5.73 Å². The molecular weight excluding hydrogens is 899 g/mol.